The predicted molar refractivity (Wildman–Crippen MR) is 103 cm³/mol. The maximum absolute atomic E-state index is 13.1. The lowest BCUT2D eigenvalue weighted by molar-refractivity contribution is -0.135. The Morgan fingerprint density at radius 3 is 2.38 bits per heavy atom. The highest BCUT2D eigenvalue weighted by Crippen LogP contribution is 2.53. The minimum absolute atomic E-state index is 0.0205. The third kappa shape index (κ3) is 3.10. The van der Waals surface area contributed by atoms with Crippen molar-refractivity contribution in [1.29, 1.82) is 0 Å². The van der Waals surface area contributed by atoms with Crippen LogP contribution in [-0.4, -0.2) is 45.1 Å². The largest absolute Gasteiger partial charge is 0.465 e. The SMILES string of the molecule is CC(C)(C)c1cnc(N2CCC3(CC(N(C(=O)O)C(C)(C)C)C3)C2=O)s1. The van der Waals surface area contributed by atoms with Gasteiger partial charge in [0.2, 0.25) is 5.91 Å². The summed E-state index contributed by atoms with van der Waals surface area (Å²) in [5.41, 5.74) is -0.847. The van der Waals surface area contributed by atoms with E-state index in [1.807, 2.05) is 27.0 Å². The van der Waals surface area contributed by atoms with Gasteiger partial charge in [-0.3, -0.25) is 9.69 Å². The number of thiazole rings is 1. The van der Waals surface area contributed by atoms with Crippen LogP contribution in [0.1, 0.15) is 65.7 Å². The van der Waals surface area contributed by atoms with Crippen LogP contribution in [-0.2, 0) is 10.2 Å². The standard InChI is InChI=1S/C19H29N3O3S/c1-17(2,3)13-11-20-15(26-13)21-8-7-19(14(21)23)9-12(10-19)22(16(24)25)18(4,5)6/h11-12H,7-10H2,1-6H3,(H,24,25). The topological polar surface area (TPSA) is 73.7 Å². The Bertz CT molecular complexity index is 723. The zero-order valence-electron chi connectivity index (χ0n) is 16.5. The van der Waals surface area contributed by atoms with E-state index in [4.69, 9.17) is 0 Å². The minimum atomic E-state index is -0.908. The first-order chi connectivity index (χ1) is 11.8. The number of nitrogens with zero attached hydrogens (tertiary/aromatic N) is 3. The highest BCUT2D eigenvalue weighted by molar-refractivity contribution is 7.16. The molecule has 1 spiro atoms. The van der Waals surface area contributed by atoms with Gasteiger partial charge < -0.3 is 10.0 Å². The highest BCUT2D eigenvalue weighted by atomic mass is 32.1. The van der Waals surface area contributed by atoms with E-state index in [2.05, 4.69) is 25.8 Å². The molecule has 2 aliphatic rings. The lowest BCUT2D eigenvalue weighted by atomic mass is 9.63. The van der Waals surface area contributed by atoms with E-state index in [9.17, 15) is 14.7 Å². The number of hydrogen-bond acceptors (Lipinski definition) is 4. The fourth-order valence-corrected chi connectivity index (χ4v) is 5.13. The van der Waals surface area contributed by atoms with Crippen molar-refractivity contribution in [3.8, 4) is 0 Å². The third-order valence-electron chi connectivity index (χ3n) is 5.52. The Balaban J connectivity index is 1.73. The van der Waals surface area contributed by atoms with E-state index < -0.39 is 17.0 Å². The average Bonchev–Trinajstić information content (AvgIpc) is 3.01. The van der Waals surface area contributed by atoms with Gasteiger partial charge in [0, 0.05) is 29.2 Å². The Morgan fingerprint density at radius 1 is 1.31 bits per heavy atom. The van der Waals surface area contributed by atoms with Gasteiger partial charge in [0.05, 0.1) is 5.41 Å². The summed E-state index contributed by atoms with van der Waals surface area (Å²) in [5.74, 6) is 0.114. The molecular weight excluding hydrogens is 350 g/mol. The molecule has 3 rings (SSSR count). The molecule has 144 valence electrons. The summed E-state index contributed by atoms with van der Waals surface area (Å²) in [6, 6.07) is -0.0853. The minimum Gasteiger partial charge on any atom is -0.465 e. The quantitative estimate of drug-likeness (QED) is 0.839. The van der Waals surface area contributed by atoms with Crippen LogP contribution in [0.5, 0.6) is 0 Å². The fourth-order valence-electron chi connectivity index (χ4n) is 4.13. The maximum Gasteiger partial charge on any atom is 0.407 e. The molecule has 0 bridgehead atoms. The number of aromatic nitrogens is 1. The van der Waals surface area contributed by atoms with Crippen LogP contribution in [0.25, 0.3) is 0 Å². The number of carbonyl (C=O) groups excluding carboxylic acids is 1. The second-order valence-electron chi connectivity index (χ2n) is 9.63. The number of hydrogen-bond donors (Lipinski definition) is 1. The second-order valence-corrected chi connectivity index (χ2v) is 10.6. The summed E-state index contributed by atoms with van der Waals surface area (Å²) >= 11 is 1.58. The number of anilines is 1. The molecule has 0 atom stereocenters. The zero-order valence-corrected chi connectivity index (χ0v) is 17.3. The molecule has 1 aliphatic heterocycles. The van der Waals surface area contributed by atoms with E-state index >= 15 is 0 Å². The summed E-state index contributed by atoms with van der Waals surface area (Å²) in [5, 5.41) is 10.3. The Kier molecular flexibility index (Phi) is 4.37. The molecule has 2 heterocycles. The van der Waals surface area contributed by atoms with Crippen molar-refractivity contribution in [1.82, 2.24) is 9.88 Å². The molecule has 1 aromatic heterocycles. The average molecular weight is 380 g/mol. The smallest absolute Gasteiger partial charge is 0.407 e. The van der Waals surface area contributed by atoms with E-state index in [1.165, 1.54) is 4.90 Å². The molecule has 26 heavy (non-hydrogen) atoms. The van der Waals surface area contributed by atoms with Crippen molar-refractivity contribution < 1.29 is 14.7 Å². The molecule has 1 saturated carbocycles. The van der Waals surface area contributed by atoms with Crippen LogP contribution in [0, 0.1) is 5.41 Å². The third-order valence-corrected chi connectivity index (χ3v) is 6.97. The molecule has 0 unspecified atom stereocenters. The Hall–Kier alpha value is -1.63. The van der Waals surface area contributed by atoms with Gasteiger partial charge in [0.15, 0.2) is 5.13 Å². The first-order valence-corrected chi connectivity index (χ1v) is 9.97. The molecule has 2 fully saturated rings. The van der Waals surface area contributed by atoms with Crippen molar-refractivity contribution >= 4 is 28.5 Å². The van der Waals surface area contributed by atoms with Gasteiger partial charge in [0.1, 0.15) is 0 Å². The number of carboxylic acid groups (broad SMARTS) is 1. The molecule has 7 heteroatoms. The monoisotopic (exact) mass is 379 g/mol. The second kappa shape index (κ2) is 5.94. The summed E-state index contributed by atoms with van der Waals surface area (Å²) in [7, 11) is 0. The van der Waals surface area contributed by atoms with Gasteiger partial charge in [-0.05, 0) is 45.4 Å². The molecule has 1 saturated heterocycles. The molecule has 1 aromatic rings. The van der Waals surface area contributed by atoms with Crippen molar-refractivity contribution in [2.45, 2.75) is 77.8 Å². The fraction of sp³-hybridized carbons (Fsp3) is 0.737. The van der Waals surface area contributed by atoms with Crippen molar-refractivity contribution in [3.05, 3.63) is 11.1 Å². The van der Waals surface area contributed by atoms with Crippen LogP contribution in [0.15, 0.2) is 6.20 Å². The molecule has 2 amide bonds. The van der Waals surface area contributed by atoms with Crippen molar-refractivity contribution in [2.24, 2.45) is 5.41 Å². The number of carbonyl (C=O) groups is 2. The molecule has 6 nitrogen and oxygen atoms in total. The van der Waals surface area contributed by atoms with Gasteiger partial charge in [-0.2, -0.15) is 0 Å². The van der Waals surface area contributed by atoms with E-state index in [0.29, 0.717) is 19.4 Å². The van der Waals surface area contributed by atoms with Crippen LogP contribution in [0.4, 0.5) is 9.93 Å². The molecule has 0 aromatic carbocycles. The first-order valence-electron chi connectivity index (χ1n) is 9.16. The van der Waals surface area contributed by atoms with E-state index in [0.717, 1.165) is 16.4 Å². The number of rotatable bonds is 2. The lowest BCUT2D eigenvalue weighted by Gasteiger charge is -2.51. The van der Waals surface area contributed by atoms with Gasteiger partial charge in [-0.15, -0.1) is 11.3 Å². The van der Waals surface area contributed by atoms with Crippen molar-refractivity contribution in [2.75, 3.05) is 11.4 Å². The molecule has 1 aliphatic carbocycles. The molecule has 1 N–H and O–H groups in total. The Morgan fingerprint density at radius 2 is 1.92 bits per heavy atom. The van der Waals surface area contributed by atoms with Crippen LogP contribution >= 0.6 is 11.3 Å². The molecular formula is C19H29N3O3S. The molecule has 0 radical (unpaired) electrons. The summed E-state index contributed by atoms with van der Waals surface area (Å²) < 4.78 is 0. The van der Waals surface area contributed by atoms with E-state index in [-0.39, 0.29) is 17.4 Å². The Labute approximate surface area is 159 Å². The van der Waals surface area contributed by atoms with Gasteiger partial charge >= 0.3 is 6.09 Å². The van der Waals surface area contributed by atoms with Gasteiger partial charge in [-0.1, -0.05) is 20.8 Å². The predicted octanol–water partition coefficient (Wildman–Crippen LogP) is 4.10. The summed E-state index contributed by atoms with van der Waals surface area (Å²) in [6.07, 6.45) is 2.97. The zero-order chi connectivity index (χ0) is 19.5. The highest BCUT2D eigenvalue weighted by Gasteiger charge is 2.58. The van der Waals surface area contributed by atoms with Gasteiger partial charge in [0.25, 0.3) is 0 Å². The van der Waals surface area contributed by atoms with Crippen LogP contribution < -0.4 is 4.90 Å². The summed E-state index contributed by atoms with van der Waals surface area (Å²) in [4.78, 5) is 33.7. The van der Waals surface area contributed by atoms with Crippen LogP contribution in [0.3, 0.4) is 0 Å². The van der Waals surface area contributed by atoms with Crippen LogP contribution in [0.2, 0.25) is 0 Å². The van der Waals surface area contributed by atoms with Gasteiger partial charge in [-0.25, -0.2) is 9.78 Å². The maximum atomic E-state index is 13.1. The normalized spacial score (nSPS) is 26.3. The van der Waals surface area contributed by atoms with Crippen molar-refractivity contribution in [3.63, 3.8) is 0 Å². The van der Waals surface area contributed by atoms with E-state index in [1.54, 1.807) is 16.2 Å². The first kappa shape index (κ1) is 19.1. The summed E-state index contributed by atoms with van der Waals surface area (Å²) in [6.45, 7) is 12.8. The lowest BCUT2D eigenvalue weighted by Crippen LogP contribution is -2.60. The number of amides is 2.